The minimum atomic E-state index is -0.0552. The molecule has 2 heterocycles. The molecular formula is C10H12ClNO2. The van der Waals surface area contributed by atoms with E-state index in [9.17, 15) is 4.79 Å². The van der Waals surface area contributed by atoms with Crippen LogP contribution in [0.3, 0.4) is 0 Å². The first kappa shape index (κ1) is 9.59. The average molecular weight is 214 g/mol. The van der Waals surface area contributed by atoms with Gasteiger partial charge in [0, 0.05) is 13.1 Å². The summed E-state index contributed by atoms with van der Waals surface area (Å²) in [6.07, 6.45) is 3.47. The molecule has 1 saturated heterocycles. The highest BCUT2D eigenvalue weighted by Crippen LogP contribution is 2.17. The Labute approximate surface area is 87.6 Å². The van der Waals surface area contributed by atoms with E-state index in [4.69, 9.17) is 16.0 Å². The number of hydrogen-bond donors (Lipinski definition) is 0. The van der Waals surface area contributed by atoms with Crippen LogP contribution in [-0.4, -0.2) is 29.3 Å². The van der Waals surface area contributed by atoms with Gasteiger partial charge in [-0.3, -0.25) is 4.79 Å². The third-order valence-corrected chi connectivity index (χ3v) is 2.74. The topological polar surface area (TPSA) is 33.5 Å². The zero-order chi connectivity index (χ0) is 9.97. The van der Waals surface area contributed by atoms with Crippen LogP contribution in [0, 0.1) is 0 Å². The Hall–Kier alpha value is -0.960. The number of hydrogen-bond acceptors (Lipinski definition) is 2. The molecule has 14 heavy (non-hydrogen) atoms. The van der Waals surface area contributed by atoms with E-state index in [-0.39, 0.29) is 11.3 Å². The number of carbonyl (C=O) groups excluding carboxylic acids is 1. The number of nitrogens with zero attached hydrogens (tertiary/aromatic N) is 1. The summed E-state index contributed by atoms with van der Waals surface area (Å²) in [4.78, 5) is 13.5. The molecule has 0 saturated carbocycles. The Balaban J connectivity index is 2.04. The molecule has 4 heteroatoms. The van der Waals surface area contributed by atoms with Crippen molar-refractivity contribution in [3.63, 3.8) is 0 Å². The first-order valence-corrected chi connectivity index (χ1v) is 5.18. The summed E-state index contributed by atoms with van der Waals surface area (Å²) in [5.74, 6) is 0.344. The molecule has 0 aromatic carbocycles. The molecule has 76 valence electrons. The zero-order valence-corrected chi connectivity index (χ0v) is 8.54. The quantitative estimate of drug-likeness (QED) is 0.670. The van der Waals surface area contributed by atoms with Crippen LogP contribution in [0.25, 0.3) is 0 Å². The molecule has 2 rings (SSSR count). The first-order valence-electron chi connectivity index (χ1n) is 4.74. The maximum absolute atomic E-state index is 11.8. The van der Waals surface area contributed by atoms with Crippen molar-refractivity contribution >= 4 is 17.5 Å². The van der Waals surface area contributed by atoms with E-state index < -0.39 is 0 Å². The SMILES string of the molecule is O=C(c1ccco1)N1CCCC(Cl)C1. The molecule has 0 N–H and O–H groups in total. The van der Waals surface area contributed by atoms with Gasteiger partial charge in [-0.05, 0) is 25.0 Å². The number of rotatable bonds is 1. The Kier molecular flexibility index (Phi) is 2.77. The van der Waals surface area contributed by atoms with Gasteiger partial charge in [0.05, 0.1) is 11.6 Å². The second-order valence-corrected chi connectivity index (χ2v) is 4.09. The molecular weight excluding hydrogens is 202 g/mol. The lowest BCUT2D eigenvalue weighted by Gasteiger charge is -2.28. The van der Waals surface area contributed by atoms with E-state index in [2.05, 4.69) is 0 Å². The van der Waals surface area contributed by atoms with Gasteiger partial charge in [-0.25, -0.2) is 0 Å². The molecule has 1 aromatic heterocycles. The molecule has 1 aromatic rings. The van der Waals surface area contributed by atoms with E-state index >= 15 is 0 Å². The summed E-state index contributed by atoms with van der Waals surface area (Å²) in [7, 11) is 0. The molecule has 0 bridgehead atoms. The Morgan fingerprint density at radius 3 is 3.14 bits per heavy atom. The van der Waals surface area contributed by atoms with Gasteiger partial charge in [-0.2, -0.15) is 0 Å². The van der Waals surface area contributed by atoms with Crippen LogP contribution < -0.4 is 0 Å². The van der Waals surface area contributed by atoms with E-state index in [0.717, 1.165) is 19.4 Å². The van der Waals surface area contributed by atoms with E-state index in [1.807, 2.05) is 0 Å². The number of likely N-dealkylation sites (tertiary alicyclic amines) is 1. The third-order valence-electron chi connectivity index (χ3n) is 2.38. The summed E-state index contributed by atoms with van der Waals surface area (Å²) >= 11 is 5.99. The fourth-order valence-corrected chi connectivity index (χ4v) is 1.99. The predicted octanol–water partition coefficient (Wildman–Crippen LogP) is 2.12. The lowest BCUT2D eigenvalue weighted by molar-refractivity contribution is 0.0695. The summed E-state index contributed by atoms with van der Waals surface area (Å²) in [6.45, 7) is 1.41. The molecule has 0 aliphatic carbocycles. The standard InChI is InChI=1S/C10H12ClNO2/c11-8-3-1-5-12(7-8)10(13)9-4-2-6-14-9/h2,4,6,8H,1,3,5,7H2. The van der Waals surface area contributed by atoms with Crippen molar-refractivity contribution in [1.29, 1.82) is 0 Å². The Morgan fingerprint density at radius 2 is 2.50 bits per heavy atom. The fraction of sp³-hybridized carbons (Fsp3) is 0.500. The number of amides is 1. The predicted molar refractivity (Wildman–Crippen MR) is 53.5 cm³/mol. The molecule has 1 aliphatic heterocycles. The monoisotopic (exact) mass is 213 g/mol. The first-order chi connectivity index (χ1) is 6.77. The maximum Gasteiger partial charge on any atom is 0.289 e. The minimum absolute atomic E-state index is 0.0552. The van der Waals surface area contributed by atoms with Crippen LogP contribution in [0.5, 0.6) is 0 Å². The highest BCUT2D eigenvalue weighted by Gasteiger charge is 2.24. The molecule has 0 radical (unpaired) electrons. The van der Waals surface area contributed by atoms with Gasteiger partial charge < -0.3 is 9.32 Å². The van der Waals surface area contributed by atoms with Gasteiger partial charge in [-0.15, -0.1) is 11.6 Å². The number of alkyl halides is 1. The lowest BCUT2D eigenvalue weighted by atomic mass is 10.1. The smallest absolute Gasteiger partial charge is 0.289 e. The van der Waals surface area contributed by atoms with Gasteiger partial charge in [0.25, 0.3) is 5.91 Å². The number of furan rings is 1. The average Bonchev–Trinajstić information content (AvgIpc) is 2.69. The molecule has 1 fully saturated rings. The van der Waals surface area contributed by atoms with Crippen LogP contribution >= 0.6 is 11.6 Å². The molecule has 3 nitrogen and oxygen atoms in total. The summed E-state index contributed by atoms with van der Waals surface area (Å²) in [5.41, 5.74) is 0. The van der Waals surface area contributed by atoms with Gasteiger partial charge in [0.1, 0.15) is 0 Å². The van der Waals surface area contributed by atoms with Gasteiger partial charge in [0.15, 0.2) is 5.76 Å². The van der Waals surface area contributed by atoms with E-state index in [1.165, 1.54) is 6.26 Å². The van der Waals surface area contributed by atoms with Crippen molar-refractivity contribution in [2.24, 2.45) is 0 Å². The third kappa shape index (κ3) is 1.93. The summed E-state index contributed by atoms with van der Waals surface area (Å²) < 4.78 is 5.05. The summed E-state index contributed by atoms with van der Waals surface area (Å²) in [5, 5.41) is 0.0858. The van der Waals surface area contributed by atoms with E-state index in [1.54, 1.807) is 17.0 Å². The van der Waals surface area contributed by atoms with Crippen LogP contribution in [0.2, 0.25) is 0 Å². The van der Waals surface area contributed by atoms with Crippen LogP contribution in [0.1, 0.15) is 23.4 Å². The second-order valence-electron chi connectivity index (χ2n) is 3.47. The Morgan fingerprint density at radius 1 is 1.64 bits per heavy atom. The maximum atomic E-state index is 11.8. The van der Waals surface area contributed by atoms with Gasteiger partial charge in [-0.1, -0.05) is 0 Å². The molecule has 0 spiro atoms. The van der Waals surface area contributed by atoms with Crippen LogP contribution in [0.15, 0.2) is 22.8 Å². The van der Waals surface area contributed by atoms with Crippen LogP contribution in [0.4, 0.5) is 0 Å². The highest BCUT2D eigenvalue weighted by molar-refractivity contribution is 6.21. The second kappa shape index (κ2) is 4.05. The highest BCUT2D eigenvalue weighted by atomic mass is 35.5. The van der Waals surface area contributed by atoms with Crippen molar-refractivity contribution in [1.82, 2.24) is 4.90 Å². The van der Waals surface area contributed by atoms with Crippen molar-refractivity contribution in [3.8, 4) is 0 Å². The zero-order valence-electron chi connectivity index (χ0n) is 7.78. The Bertz CT molecular complexity index is 310. The number of halogens is 1. The van der Waals surface area contributed by atoms with E-state index in [0.29, 0.717) is 12.3 Å². The largest absolute Gasteiger partial charge is 0.459 e. The lowest BCUT2D eigenvalue weighted by Crippen LogP contribution is -2.40. The summed E-state index contributed by atoms with van der Waals surface area (Å²) in [6, 6.07) is 3.40. The van der Waals surface area contributed by atoms with Crippen LogP contribution in [-0.2, 0) is 0 Å². The normalized spacial score (nSPS) is 22.4. The minimum Gasteiger partial charge on any atom is -0.459 e. The molecule has 1 unspecified atom stereocenters. The van der Waals surface area contributed by atoms with Crippen molar-refractivity contribution in [2.75, 3.05) is 13.1 Å². The molecule has 1 atom stereocenters. The molecule has 1 aliphatic rings. The van der Waals surface area contributed by atoms with Crippen molar-refractivity contribution < 1.29 is 9.21 Å². The van der Waals surface area contributed by atoms with Gasteiger partial charge in [0.2, 0.25) is 0 Å². The van der Waals surface area contributed by atoms with Gasteiger partial charge >= 0.3 is 0 Å². The number of carbonyl (C=O) groups is 1. The van der Waals surface area contributed by atoms with Crippen molar-refractivity contribution in [2.45, 2.75) is 18.2 Å². The fourth-order valence-electron chi connectivity index (χ4n) is 1.67. The molecule has 1 amide bonds. The number of piperidine rings is 1. The van der Waals surface area contributed by atoms with Crippen molar-refractivity contribution in [3.05, 3.63) is 24.2 Å².